The second-order valence-corrected chi connectivity index (χ2v) is 4.37. The quantitative estimate of drug-likeness (QED) is 0.709. The normalized spacial score (nSPS) is 12.2. The number of aliphatic hydroxyl groups excluding tert-OH is 1. The van der Waals surface area contributed by atoms with Crippen molar-refractivity contribution in [3.63, 3.8) is 0 Å². The van der Waals surface area contributed by atoms with Crippen LogP contribution in [0, 0.1) is 5.92 Å². The predicted molar refractivity (Wildman–Crippen MR) is 74.0 cm³/mol. The fourth-order valence-corrected chi connectivity index (χ4v) is 1.73. The number of aliphatic hydroxyl groups is 1. The van der Waals surface area contributed by atoms with Crippen molar-refractivity contribution < 1.29 is 9.84 Å². The van der Waals surface area contributed by atoms with Crippen molar-refractivity contribution in [2.75, 3.05) is 25.1 Å². The molecule has 1 heterocycles. The third kappa shape index (κ3) is 4.92. The molecule has 0 aliphatic carbocycles. The topological polar surface area (TPSA) is 54.4 Å². The van der Waals surface area contributed by atoms with E-state index >= 15 is 0 Å². The Hall–Kier alpha value is -1.29. The molecule has 1 aromatic rings. The summed E-state index contributed by atoms with van der Waals surface area (Å²) in [5, 5.41) is 12.3. The van der Waals surface area contributed by atoms with Crippen LogP contribution in [0.1, 0.15) is 33.1 Å². The summed E-state index contributed by atoms with van der Waals surface area (Å²) in [5.41, 5.74) is 0. The van der Waals surface area contributed by atoms with Gasteiger partial charge in [-0.25, -0.2) is 4.98 Å². The highest BCUT2D eigenvalue weighted by atomic mass is 16.5. The standard InChI is InChI=1S/C14H24N2O2/c1-3-10-18-13-6-5-8-15-14(13)16-11-12(4-2)7-9-17/h5-6,8,12,17H,3-4,7,9-11H2,1-2H3,(H,15,16). The lowest BCUT2D eigenvalue weighted by molar-refractivity contribution is 0.258. The van der Waals surface area contributed by atoms with Crippen LogP contribution in [0.25, 0.3) is 0 Å². The van der Waals surface area contributed by atoms with Gasteiger partial charge in [-0.3, -0.25) is 0 Å². The van der Waals surface area contributed by atoms with Crippen LogP contribution in [0.2, 0.25) is 0 Å². The van der Waals surface area contributed by atoms with Crippen molar-refractivity contribution in [1.29, 1.82) is 0 Å². The van der Waals surface area contributed by atoms with Gasteiger partial charge in [0.15, 0.2) is 11.6 Å². The first-order chi connectivity index (χ1) is 8.81. The van der Waals surface area contributed by atoms with Gasteiger partial charge in [0.1, 0.15) is 0 Å². The highest BCUT2D eigenvalue weighted by Crippen LogP contribution is 2.21. The fourth-order valence-electron chi connectivity index (χ4n) is 1.73. The van der Waals surface area contributed by atoms with Gasteiger partial charge in [-0.2, -0.15) is 0 Å². The summed E-state index contributed by atoms with van der Waals surface area (Å²) in [6.07, 6.45) is 4.61. The molecule has 2 N–H and O–H groups in total. The molecule has 0 saturated heterocycles. The Morgan fingerprint density at radius 2 is 2.28 bits per heavy atom. The Kier molecular flexibility index (Phi) is 7.18. The van der Waals surface area contributed by atoms with Gasteiger partial charge in [-0.15, -0.1) is 0 Å². The maximum atomic E-state index is 8.97. The minimum absolute atomic E-state index is 0.238. The predicted octanol–water partition coefficient (Wildman–Crippen LogP) is 2.69. The molecule has 1 unspecified atom stereocenters. The molecular weight excluding hydrogens is 228 g/mol. The summed E-state index contributed by atoms with van der Waals surface area (Å²) in [6.45, 7) is 5.97. The van der Waals surface area contributed by atoms with Crippen LogP contribution in [0.4, 0.5) is 5.82 Å². The molecule has 0 aliphatic heterocycles. The number of nitrogens with zero attached hydrogens (tertiary/aromatic N) is 1. The van der Waals surface area contributed by atoms with Crippen LogP contribution < -0.4 is 10.1 Å². The van der Waals surface area contributed by atoms with E-state index in [1.807, 2.05) is 12.1 Å². The zero-order valence-electron chi connectivity index (χ0n) is 11.4. The first-order valence-electron chi connectivity index (χ1n) is 6.74. The average molecular weight is 252 g/mol. The van der Waals surface area contributed by atoms with E-state index in [-0.39, 0.29) is 6.61 Å². The molecular formula is C14H24N2O2. The molecule has 1 aromatic heterocycles. The first-order valence-corrected chi connectivity index (χ1v) is 6.74. The molecule has 0 radical (unpaired) electrons. The van der Waals surface area contributed by atoms with Crippen LogP contribution in [-0.4, -0.2) is 29.8 Å². The second-order valence-electron chi connectivity index (χ2n) is 4.37. The second kappa shape index (κ2) is 8.75. The molecule has 102 valence electrons. The lowest BCUT2D eigenvalue weighted by Crippen LogP contribution is -2.16. The van der Waals surface area contributed by atoms with Crippen molar-refractivity contribution in [3.05, 3.63) is 18.3 Å². The average Bonchev–Trinajstić information content (AvgIpc) is 2.42. The molecule has 0 saturated carbocycles. The Morgan fingerprint density at radius 1 is 1.44 bits per heavy atom. The summed E-state index contributed by atoms with van der Waals surface area (Å²) < 4.78 is 5.64. The summed E-state index contributed by atoms with van der Waals surface area (Å²) in [7, 11) is 0. The van der Waals surface area contributed by atoms with Gasteiger partial charge in [-0.1, -0.05) is 20.3 Å². The van der Waals surface area contributed by atoms with E-state index in [0.717, 1.165) is 37.4 Å². The number of rotatable bonds is 9. The first kappa shape index (κ1) is 14.8. The number of ether oxygens (including phenoxy) is 1. The van der Waals surface area contributed by atoms with Crippen LogP contribution in [0.5, 0.6) is 5.75 Å². The van der Waals surface area contributed by atoms with E-state index in [1.165, 1.54) is 0 Å². The van der Waals surface area contributed by atoms with Crippen molar-refractivity contribution in [3.8, 4) is 5.75 Å². The minimum atomic E-state index is 0.238. The molecule has 1 atom stereocenters. The zero-order valence-corrected chi connectivity index (χ0v) is 11.4. The van der Waals surface area contributed by atoms with E-state index in [9.17, 15) is 0 Å². The SMILES string of the molecule is CCCOc1cccnc1NCC(CC)CCO. The smallest absolute Gasteiger partial charge is 0.168 e. The van der Waals surface area contributed by atoms with Crippen molar-refractivity contribution >= 4 is 5.82 Å². The van der Waals surface area contributed by atoms with Crippen molar-refractivity contribution in [1.82, 2.24) is 4.98 Å². The summed E-state index contributed by atoms with van der Waals surface area (Å²) in [4.78, 5) is 4.30. The van der Waals surface area contributed by atoms with Gasteiger partial charge in [0.2, 0.25) is 0 Å². The van der Waals surface area contributed by atoms with Crippen LogP contribution in [-0.2, 0) is 0 Å². The molecule has 0 aliphatic rings. The molecule has 0 bridgehead atoms. The molecule has 1 rings (SSSR count). The Labute approximate surface area is 109 Å². The molecule has 0 amide bonds. The molecule has 0 aromatic carbocycles. The molecule has 18 heavy (non-hydrogen) atoms. The van der Waals surface area contributed by atoms with Gasteiger partial charge in [0.25, 0.3) is 0 Å². The number of anilines is 1. The third-order valence-electron chi connectivity index (χ3n) is 2.91. The molecule has 0 fully saturated rings. The maximum absolute atomic E-state index is 8.97. The lowest BCUT2D eigenvalue weighted by Gasteiger charge is -2.16. The van der Waals surface area contributed by atoms with E-state index in [2.05, 4.69) is 24.1 Å². The van der Waals surface area contributed by atoms with Gasteiger partial charge in [0, 0.05) is 19.3 Å². The highest BCUT2D eigenvalue weighted by molar-refractivity contribution is 5.49. The van der Waals surface area contributed by atoms with Crippen LogP contribution in [0.15, 0.2) is 18.3 Å². The number of aromatic nitrogens is 1. The maximum Gasteiger partial charge on any atom is 0.168 e. The van der Waals surface area contributed by atoms with Crippen LogP contribution in [0.3, 0.4) is 0 Å². The number of hydrogen-bond donors (Lipinski definition) is 2. The number of pyridine rings is 1. The molecule has 0 spiro atoms. The largest absolute Gasteiger partial charge is 0.490 e. The molecule has 4 heteroatoms. The fraction of sp³-hybridized carbons (Fsp3) is 0.643. The van der Waals surface area contributed by atoms with Crippen molar-refractivity contribution in [2.45, 2.75) is 33.1 Å². The lowest BCUT2D eigenvalue weighted by atomic mass is 10.0. The van der Waals surface area contributed by atoms with Gasteiger partial charge in [-0.05, 0) is 30.9 Å². The highest BCUT2D eigenvalue weighted by Gasteiger charge is 2.08. The van der Waals surface area contributed by atoms with Gasteiger partial charge < -0.3 is 15.2 Å². The summed E-state index contributed by atoms with van der Waals surface area (Å²) in [5.74, 6) is 2.07. The minimum Gasteiger partial charge on any atom is -0.490 e. The van der Waals surface area contributed by atoms with Crippen LogP contribution >= 0.6 is 0 Å². The van der Waals surface area contributed by atoms with E-state index in [1.54, 1.807) is 6.20 Å². The van der Waals surface area contributed by atoms with E-state index < -0.39 is 0 Å². The molecule has 4 nitrogen and oxygen atoms in total. The van der Waals surface area contributed by atoms with Gasteiger partial charge in [0.05, 0.1) is 6.61 Å². The number of hydrogen-bond acceptors (Lipinski definition) is 4. The number of nitrogens with one attached hydrogen (secondary N) is 1. The Balaban J connectivity index is 2.54. The monoisotopic (exact) mass is 252 g/mol. The third-order valence-corrected chi connectivity index (χ3v) is 2.91. The van der Waals surface area contributed by atoms with E-state index in [0.29, 0.717) is 12.5 Å². The Morgan fingerprint density at radius 3 is 2.94 bits per heavy atom. The van der Waals surface area contributed by atoms with Gasteiger partial charge >= 0.3 is 0 Å². The zero-order chi connectivity index (χ0) is 13.2. The Bertz CT molecular complexity index is 331. The van der Waals surface area contributed by atoms with E-state index in [4.69, 9.17) is 9.84 Å². The summed E-state index contributed by atoms with van der Waals surface area (Å²) in [6, 6.07) is 3.80. The summed E-state index contributed by atoms with van der Waals surface area (Å²) >= 11 is 0. The van der Waals surface area contributed by atoms with Crippen molar-refractivity contribution in [2.24, 2.45) is 5.92 Å².